The number of halogens is 6. The number of rotatable bonds is 8. The molecule has 0 aromatic carbocycles. The van der Waals surface area contributed by atoms with Crippen molar-refractivity contribution in [2.45, 2.75) is 58.7 Å². The lowest BCUT2D eigenvalue weighted by molar-refractivity contribution is -0.146. The fraction of sp³-hybridized carbons (Fsp3) is 0.688. The molecule has 0 radical (unpaired) electrons. The number of amides is 3. The fourth-order valence-electron chi connectivity index (χ4n) is 2.63. The zero-order valence-electron chi connectivity index (χ0n) is 15.1. The first-order chi connectivity index (χ1) is 12.8. The highest BCUT2D eigenvalue weighted by molar-refractivity contribution is 6.67. The van der Waals surface area contributed by atoms with Crippen LogP contribution in [0, 0.1) is 0 Å². The van der Waals surface area contributed by atoms with Gasteiger partial charge in [-0.25, -0.2) is 0 Å². The van der Waals surface area contributed by atoms with Gasteiger partial charge in [-0.1, -0.05) is 76.5 Å². The number of nitrogens with one attached hydrogen (secondary N) is 1. The highest BCUT2D eigenvalue weighted by Crippen LogP contribution is 2.36. The first-order valence-corrected chi connectivity index (χ1v) is 10.6. The maximum absolute atomic E-state index is 13.1. The number of methoxy groups -OCH3 is 1. The van der Waals surface area contributed by atoms with Gasteiger partial charge in [0.15, 0.2) is 7.59 Å². The first kappa shape index (κ1) is 25.9. The molecule has 160 valence electrons. The van der Waals surface area contributed by atoms with Gasteiger partial charge < -0.3 is 10.1 Å². The summed E-state index contributed by atoms with van der Waals surface area (Å²) in [5, 5.41) is 2.56. The summed E-state index contributed by atoms with van der Waals surface area (Å²) >= 11 is 34.7. The van der Waals surface area contributed by atoms with Gasteiger partial charge in [-0.15, -0.1) is 0 Å². The molecule has 3 amide bonds. The summed E-state index contributed by atoms with van der Waals surface area (Å²) in [7, 11) is 1.37. The van der Waals surface area contributed by atoms with Gasteiger partial charge in [0.1, 0.15) is 11.8 Å². The molecule has 1 N–H and O–H groups in total. The van der Waals surface area contributed by atoms with Gasteiger partial charge in [-0.2, -0.15) is 0 Å². The second-order valence-corrected chi connectivity index (χ2v) is 11.1. The van der Waals surface area contributed by atoms with Crippen molar-refractivity contribution in [3.8, 4) is 0 Å². The van der Waals surface area contributed by atoms with E-state index in [9.17, 15) is 14.4 Å². The number of carbonyl (C=O) groups is 3. The molecule has 28 heavy (non-hydrogen) atoms. The van der Waals surface area contributed by atoms with Gasteiger partial charge >= 0.3 is 0 Å². The third kappa shape index (κ3) is 8.33. The number of hydrogen-bond acceptors (Lipinski definition) is 4. The molecule has 0 aromatic rings. The Hall–Kier alpha value is -0.110. The Labute approximate surface area is 193 Å². The van der Waals surface area contributed by atoms with Crippen molar-refractivity contribution in [2.24, 2.45) is 0 Å². The van der Waals surface area contributed by atoms with E-state index in [2.05, 4.69) is 5.32 Å². The largest absolute Gasteiger partial charge is 0.499 e. The summed E-state index contributed by atoms with van der Waals surface area (Å²) in [6, 6.07) is -1.83. The lowest BCUT2D eigenvalue weighted by Gasteiger charge is -2.30. The minimum atomic E-state index is -1.62. The Kier molecular flexibility index (Phi) is 9.98. The van der Waals surface area contributed by atoms with E-state index in [0.29, 0.717) is 0 Å². The van der Waals surface area contributed by atoms with Crippen LogP contribution in [0.5, 0.6) is 0 Å². The van der Waals surface area contributed by atoms with Crippen LogP contribution in [0.15, 0.2) is 11.8 Å². The van der Waals surface area contributed by atoms with E-state index in [-0.39, 0.29) is 43.8 Å². The topological polar surface area (TPSA) is 75.7 Å². The molecule has 0 unspecified atom stereocenters. The van der Waals surface area contributed by atoms with Crippen LogP contribution in [0.3, 0.4) is 0 Å². The summed E-state index contributed by atoms with van der Waals surface area (Å²) in [6.45, 7) is 1.63. The van der Waals surface area contributed by atoms with Crippen molar-refractivity contribution in [1.29, 1.82) is 0 Å². The van der Waals surface area contributed by atoms with Gasteiger partial charge in [0.05, 0.1) is 13.2 Å². The summed E-state index contributed by atoms with van der Waals surface area (Å²) in [6.07, 6.45) is 1.57. The number of carbonyl (C=O) groups excluding carboxylic acids is 3. The monoisotopic (exact) mass is 514 g/mol. The van der Waals surface area contributed by atoms with Crippen molar-refractivity contribution >= 4 is 87.3 Å². The Balaban J connectivity index is 3.07. The van der Waals surface area contributed by atoms with E-state index in [1.165, 1.54) is 13.2 Å². The van der Waals surface area contributed by atoms with Crippen LogP contribution in [-0.4, -0.2) is 49.4 Å². The molecule has 12 heteroatoms. The molecule has 6 nitrogen and oxygen atoms in total. The lowest BCUT2D eigenvalue weighted by atomic mass is 10.1. The number of imide groups is 1. The van der Waals surface area contributed by atoms with Crippen molar-refractivity contribution in [3.63, 3.8) is 0 Å². The predicted molar refractivity (Wildman–Crippen MR) is 112 cm³/mol. The number of ether oxygens (including phenoxy) is 1. The van der Waals surface area contributed by atoms with Crippen LogP contribution >= 0.6 is 69.6 Å². The molecule has 1 aliphatic rings. The maximum Gasteiger partial charge on any atom is 0.257 e. The molecular formula is C16H20Cl6N2O4. The van der Waals surface area contributed by atoms with Crippen LogP contribution in [0.2, 0.25) is 0 Å². The molecule has 0 aromatic heterocycles. The van der Waals surface area contributed by atoms with Crippen LogP contribution in [0.25, 0.3) is 0 Å². The smallest absolute Gasteiger partial charge is 0.257 e. The van der Waals surface area contributed by atoms with E-state index < -0.39 is 31.5 Å². The fourth-order valence-corrected chi connectivity index (χ4v) is 3.28. The average Bonchev–Trinajstić information content (AvgIpc) is 2.89. The van der Waals surface area contributed by atoms with Crippen molar-refractivity contribution in [2.75, 3.05) is 7.11 Å². The van der Waals surface area contributed by atoms with Gasteiger partial charge in [0, 0.05) is 12.5 Å². The third-order valence-electron chi connectivity index (χ3n) is 3.99. The molecule has 2 atom stereocenters. The maximum atomic E-state index is 13.1. The van der Waals surface area contributed by atoms with Crippen molar-refractivity contribution < 1.29 is 19.1 Å². The van der Waals surface area contributed by atoms with E-state index in [1.54, 1.807) is 6.92 Å². The molecule has 1 rings (SSSR count). The van der Waals surface area contributed by atoms with Crippen LogP contribution in [-0.2, 0) is 19.1 Å². The van der Waals surface area contributed by atoms with E-state index in [0.717, 1.165) is 4.90 Å². The third-order valence-corrected chi connectivity index (χ3v) is 5.12. The molecule has 0 saturated carbocycles. The number of nitrogens with zero attached hydrogens (tertiary/aromatic N) is 1. The Morgan fingerprint density at radius 3 is 2.21 bits per heavy atom. The summed E-state index contributed by atoms with van der Waals surface area (Å²) in [5.74, 6) is -1.37. The molecule has 1 heterocycles. The molecular weight excluding hydrogens is 497 g/mol. The Morgan fingerprint density at radius 1 is 1.18 bits per heavy atom. The molecule has 0 fully saturated rings. The molecule has 0 saturated heterocycles. The first-order valence-electron chi connectivity index (χ1n) is 8.34. The zero-order valence-corrected chi connectivity index (χ0v) is 19.7. The van der Waals surface area contributed by atoms with E-state index >= 15 is 0 Å². The number of alkyl halides is 6. The predicted octanol–water partition coefficient (Wildman–Crippen LogP) is 4.45. The SMILES string of the molecule is CCC(=O)N[C@H](CCC(Cl)(Cl)Cl)C(=O)N1C(=O)C=C(OC)[C@@H]1CCC(Cl)(Cl)Cl. The van der Waals surface area contributed by atoms with Crippen molar-refractivity contribution in [1.82, 2.24) is 10.2 Å². The van der Waals surface area contributed by atoms with Crippen LogP contribution < -0.4 is 5.32 Å². The molecule has 0 bridgehead atoms. The van der Waals surface area contributed by atoms with Crippen LogP contribution in [0.1, 0.15) is 39.0 Å². The minimum Gasteiger partial charge on any atom is -0.499 e. The molecule has 0 aliphatic carbocycles. The molecule has 0 spiro atoms. The Morgan fingerprint density at radius 2 is 1.75 bits per heavy atom. The van der Waals surface area contributed by atoms with Crippen LogP contribution in [0.4, 0.5) is 0 Å². The number of hydrogen-bond donors (Lipinski definition) is 1. The van der Waals surface area contributed by atoms with Gasteiger partial charge in [0.2, 0.25) is 5.91 Å². The minimum absolute atomic E-state index is 0.0104. The quantitative estimate of drug-likeness (QED) is 0.484. The molecule has 1 aliphatic heterocycles. The van der Waals surface area contributed by atoms with E-state index in [1.807, 2.05) is 0 Å². The second kappa shape index (κ2) is 10.8. The standard InChI is InChI=1S/C16H20Cl6N2O4/c1-3-12(25)23-9(4-6-15(17,18)19)14(27)24-10(5-7-16(20,21)22)11(28-2)8-13(24)26/h8-10H,3-7H2,1-2H3,(H,23,25)/t9-,10+/m1/s1. The summed E-state index contributed by atoms with van der Waals surface area (Å²) < 4.78 is 2.02. The van der Waals surface area contributed by atoms with Crippen molar-refractivity contribution in [3.05, 3.63) is 11.8 Å². The second-order valence-electron chi connectivity index (χ2n) is 6.09. The lowest BCUT2D eigenvalue weighted by Crippen LogP contribution is -2.52. The Bertz CT molecular complexity index is 630. The van der Waals surface area contributed by atoms with Gasteiger partial charge in [-0.05, 0) is 25.7 Å². The highest BCUT2D eigenvalue weighted by Gasteiger charge is 2.42. The normalized spacial score (nSPS) is 18.7. The van der Waals surface area contributed by atoms with Gasteiger partial charge in [0.25, 0.3) is 11.8 Å². The summed E-state index contributed by atoms with van der Waals surface area (Å²) in [4.78, 5) is 38.4. The average molecular weight is 517 g/mol. The van der Waals surface area contributed by atoms with E-state index in [4.69, 9.17) is 74.3 Å². The highest BCUT2D eigenvalue weighted by atomic mass is 35.6. The summed E-state index contributed by atoms with van der Waals surface area (Å²) in [5.41, 5.74) is 0. The van der Waals surface area contributed by atoms with Gasteiger partial charge in [-0.3, -0.25) is 19.3 Å². The zero-order chi connectivity index (χ0) is 21.7.